The minimum atomic E-state index is 0.466. The lowest BCUT2D eigenvalue weighted by atomic mass is 9.98. The second-order valence-electron chi connectivity index (χ2n) is 6.53. The van der Waals surface area contributed by atoms with Crippen LogP contribution in [0.15, 0.2) is 24.3 Å². The maximum Gasteiger partial charge on any atom is 0.0449 e. The van der Waals surface area contributed by atoms with Crippen molar-refractivity contribution in [3.63, 3.8) is 0 Å². The molecule has 0 aromatic heterocycles. The largest absolute Gasteiger partial charge is 0.309 e. The van der Waals surface area contributed by atoms with Crippen LogP contribution in [0.5, 0.6) is 0 Å². The molecule has 2 unspecified atom stereocenters. The van der Waals surface area contributed by atoms with Gasteiger partial charge in [-0.2, -0.15) is 0 Å². The van der Waals surface area contributed by atoms with E-state index in [9.17, 15) is 0 Å². The van der Waals surface area contributed by atoms with E-state index in [2.05, 4.69) is 55.3 Å². The van der Waals surface area contributed by atoms with Crippen molar-refractivity contribution in [2.75, 3.05) is 26.2 Å². The third kappa shape index (κ3) is 5.12. The molecule has 21 heavy (non-hydrogen) atoms. The summed E-state index contributed by atoms with van der Waals surface area (Å²) >= 11 is 0. The van der Waals surface area contributed by atoms with E-state index in [1.165, 1.54) is 49.9 Å². The van der Waals surface area contributed by atoms with Crippen LogP contribution in [0.4, 0.5) is 0 Å². The number of aryl methyl sites for hydroxylation is 1. The van der Waals surface area contributed by atoms with Gasteiger partial charge in [-0.15, -0.1) is 0 Å². The second kappa shape index (κ2) is 8.55. The van der Waals surface area contributed by atoms with E-state index in [-0.39, 0.29) is 0 Å². The number of likely N-dealkylation sites (tertiary alicyclic amines) is 1. The van der Waals surface area contributed by atoms with Crippen LogP contribution in [0, 0.1) is 12.8 Å². The molecule has 1 heterocycles. The van der Waals surface area contributed by atoms with Crippen LogP contribution in [0.2, 0.25) is 0 Å². The lowest BCUT2D eigenvalue weighted by Crippen LogP contribution is -2.36. The molecule has 0 saturated carbocycles. The van der Waals surface area contributed by atoms with Crippen molar-refractivity contribution in [3.05, 3.63) is 35.4 Å². The molecule has 0 radical (unpaired) electrons. The number of nitrogens with one attached hydrogen (secondary N) is 1. The van der Waals surface area contributed by atoms with E-state index in [0.717, 1.165) is 19.0 Å². The van der Waals surface area contributed by atoms with E-state index in [1.807, 2.05) is 0 Å². The smallest absolute Gasteiger partial charge is 0.0449 e. The van der Waals surface area contributed by atoms with Gasteiger partial charge < -0.3 is 10.2 Å². The second-order valence-corrected chi connectivity index (χ2v) is 6.53. The van der Waals surface area contributed by atoms with Crippen molar-refractivity contribution in [1.82, 2.24) is 10.2 Å². The molecular formula is C19H32N2. The lowest BCUT2D eigenvalue weighted by Gasteiger charge is -2.27. The third-order valence-electron chi connectivity index (χ3n) is 4.89. The standard InChI is InChI=1S/C19H32N2/c1-4-17-7-6-13-21(14-12-17)15-19(20-5-2)18-10-8-16(3)9-11-18/h8-11,17,19-20H,4-7,12-15H2,1-3H3. The summed E-state index contributed by atoms with van der Waals surface area (Å²) < 4.78 is 0. The molecule has 0 aliphatic carbocycles. The Morgan fingerprint density at radius 1 is 1.14 bits per heavy atom. The fraction of sp³-hybridized carbons (Fsp3) is 0.684. The molecule has 0 amide bonds. The highest BCUT2D eigenvalue weighted by molar-refractivity contribution is 5.24. The highest BCUT2D eigenvalue weighted by atomic mass is 15.1. The van der Waals surface area contributed by atoms with Crippen LogP contribution >= 0.6 is 0 Å². The van der Waals surface area contributed by atoms with Crippen molar-refractivity contribution in [2.24, 2.45) is 5.92 Å². The van der Waals surface area contributed by atoms with Crippen LogP contribution in [-0.4, -0.2) is 31.1 Å². The minimum absolute atomic E-state index is 0.466. The Bertz CT molecular complexity index is 399. The SMILES string of the molecule is CCNC(CN1CCCC(CC)CC1)c1ccc(C)cc1. The van der Waals surface area contributed by atoms with Gasteiger partial charge in [-0.05, 0) is 57.3 Å². The van der Waals surface area contributed by atoms with Crippen molar-refractivity contribution >= 4 is 0 Å². The molecule has 1 aromatic rings. The van der Waals surface area contributed by atoms with Crippen molar-refractivity contribution in [3.8, 4) is 0 Å². The van der Waals surface area contributed by atoms with Crippen LogP contribution in [0.3, 0.4) is 0 Å². The summed E-state index contributed by atoms with van der Waals surface area (Å²) in [6.07, 6.45) is 5.51. The van der Waals surface area contributed by atoms with E-state index in [4.69, 9.17) is 0 Å². The molecule has 1 aliphatic rings. The summed E-state index contributed by atoms with van der Waals surface area (Å²) in [6, 6.07) is 9.50. The Morgan fingerprint density at radius 2 is 1.90 bits per heavy atom. The quantitative estimate of drug-likeness (QED) is 0.845. The number of hydrogen-bond donors (Lipinski definition) is 1. The monoisotopic (exact) mass is 288 g/mol. The van der Waals surface area contributed by atoms with Crippen LogP contribution < -0.4 is 5.32 Å². The van der Waals surface area contributed by atoms with E-state index >= 15 is 0 Å². The fourth-order valence-corrected chi connectivity index (χ4v) is 3.41. The molecule has 0 spiro atoms. The average molecular weight is 288 g/mol. The zero-order valence-electron chi connectivity index (χ0n) is 14.1. The molecule has 2 heteroatoms. The molecule has 1 aliphatic heterocycles. The fourth-order valence-electron chi connectivity index (χ4n) is 3.41. The molecule has 2 atom stereocenters. The predicted octanol–water partition coefficient (Wildman–Crippen LogP) is 4.16. The third-order valence-corrected chi connectivity index (χ3v) is 4.89. The number of nitrogens with zero attached hydrogens (tertiary/aromatic N) is 1. The Morgan fingerprint density at radius 3 is 2.57 bits per heavy atom. The van der Waals surface area contributed by atoms with Gasteiger partial charge >= 0.3 is 0 Å². The van der Waals surface area contributed by atoms with Gasteiger partial charge in [0.1, 0.15) is 0 Å². The van der Waals surface area contributed by atoms with Crippen LogP contribution in [-0.2, 0) is 0 Å². The van der Waals surface area contributed by atoms with Gasteiger partial charge in [0, 0.05) is 12.6 Å². The van der Waals surface area contributed by atoms with E-state index in [0.29, 0.717) is 6.04 Å². The average Bonchev–Trinajstić information content (AvgIpc) is 2.73. The Balaban J connectivity index is 1.97. The molecule has 2 rings (SSSR count). The Labute approximate surface area is 130 Å². The van der Waals surface area contributed by atoms with E-state index < -0.39 is 0 Å². The molecule has 1 fully saturated rings. The summed E-state index contributed by atoms with van der Waals surface area (Å²) in [7, 11) is 0. The topological polar surface area (TPSA) is 15.3 Å². The minimum Gasteiger partial charge on any atom is -0.309 e. The summed E-state index contributed by atoms with van der Waals surface area (Å²) in [5, 5.41) is 3.67. The predicted molar refractivity (Wildman–Crippen MR) is 91.7 cm³/mol. The van der Waals surface area contributed by atoms with Gasteiger partial charge in [0.05, 0.1) is 0 Å². The van der Waals surface area contributed by atoms with Gasteiger partial charge in [0.2, 0.25) is 0 Å². The van der Waals surface area contributed by atoms with Crippen LogP contribution in [0.1, 0.15) is 56.7 Å². The number of hydrogen-bond acceptors (Lipinski definition) is 2. The van der Waals surface area contributed by atoms with Gasteiger partial charge in [0.25, 0.3) is 0 Å². The van der Waals surface area contributed by atoms with Gasteiger partial charge in [-0.3, -0.25) is 0 Å². The Hall–Kier alpha value is -0.860. The van der Waals surface area contributed by atoms with Gasteiger partial charge in [-0.1, -0.05) is 50.1 Å². The van der Waals surface area contributed by atoms with Crippen molar-refractivity contribution in [2.45, 2.75) is 52.5 Å². The molecule has 0 bridgehead atoms. The molecule has 1 saturated heterocycles. The number of rotatable bonds is 6. The maximum atomic E-state index is 3.67. The van der Waals surface area contributed by atoms with Crippen molar-refractivity contribution < 1.29 is 0 Å². The van der Waals surface area contributed by atoms with Gasteiger partial charge in [-0.25, -0.2) is 0 Å². The summed E-state index contributed by atoms with van der Waals surface area (Å²) in [5.74, 6) is 0.951. The summed E-state index contributed by atoms with van der Waals surface area (Å²) in [5.41, 5.74) is 2.77. The number of likely N-dealkylation sites (N-methyl/N-ethyl adjacent to an activating group) is 1. The first kappa shape index (κ1) is 16.5. The summed E-state index contributed by atoms with van der Waals surface area (Å²) in [6.45, 7) is 11.4. The zero-order valence-corrected chi connectivity index (χ0v) is 14.1. The molecule has 1 aromatic carbocycles. The molecule has 2 nitrogen and oxygen atoms in total. The zero-order chi connectivity index (χ0) is 15.1. The molecular weight excluding hydrogens is 256 g/mol. The summed E-state index contributed by atoms with van der Waals surface area (Å²) in [4.78, 5) is 2.67. The first-order valence-corrected chi connectivity index (χ1v) is 8.75. The van der Waals surface area contributed by atoms with Crippen LogP contribution in [0.25, 0.3) is 0 Å². The molecule has 1 N–H and O–H groups in total. The maximum absolute atomic E-state index is 3.67. The normalized spacial score (nSPS) is 22.0. The Kier molecular flexibility index (Phi) is 6.72. The van der Waals surface area contributed by atoms with Crippen molar-refractivity contribution in [1.29, 1.82) is 0 Å². The first-order chi connectivity index (χ1) is 10.2. The lowest BCUT2D eigenvalue weighted by molar-refractivity contribution is 0.248. The number of benzene rings is 1. The van der Waals surface area contributed by atoms with E-state index in [1.54, 1.807) is 0 Å². The highest BCUT2D eigenvalue weighted by Crippen LogP contribution is 2.22. The van der Waals surface area contributed by atoms with Gasteiger partial charge in [0.15, 0.2) is 0 Å². The highest BCUT2D eigenvalue weighted by Gasteiger charge is 2.19. The molecule has 118 valence electrons. The first-order valence-electron chi connectivity index (χ1n) is 8.75.